The highest BCUT2D eigenvalue weighted by Crippen LogP contribution is 2.10. The minimum atomic E-state index is -0.0409. The van der Waals surface area contributed by atoms with Gasteiger partial charge in [-0.05, 0) is 42.7 Å². The van der Waals surface area contributed by atoms with Crippen LogP contribution in [0.2, 0.25) is 0 Å². The van der Waals surface area contributed by atoms with Crippen LogP contribution in [-0.2, 0) is 13.1 Å². The highest BCUT2D eigenvalue weighted by atomic mass is 16.1. The van der Waals surface area contributed by atoms with Crippen molar-refractivity contribution in [1.29, 1.82) is 0 Å². The van der Waals surface area contributed by atoms with E-state index in [4.69, 9.17) is 0 Å². The summed E-state index contributed by atoms with van der Waals surface area (Å²) < 4.78 is 0. The van der Waals surface area contributed by atoms with Gasteiger partial charge in [0, 0.05) is 39.3 Å². The average molecular weight is 352 g/mol. The molecule has 2 aromatic rings. The number of hydrogen-bond donors (Lipinski definition) is 2. The Balaban J connectivity index is 1.94. The molecule has 1 amide bonds. The van der Waals surface area contributed by atoms with Crippen LogP contribution in [0.1, 0.15) is 34.0 Å². The van der Waals surface area contributed by atoms with Gasteiger partial charge in [0.15, 0.2) is 5.96 Å². The first-order valence-electron chi connectivity index (χ1n) is 8.88. The smallest absolute Gasteiger partial charge is 0.251 e. The lowest BCUT2D eigenvalue weighted by Crippen LogP contribution is -2.38. The maximum atomic E-state index is 11.8. The van der Waals surface area contributed by atoms with E-state index >= 15 is 0 Å². The summed E-state index contributed by atoms with van der Waals surface area (Å²) in [6, 6.07) is 16.0. The standard InChI is InChI=1S/C21H28N4O/c1-5-23-20(26)18-12-10-17(11-13-18)14-24-21(22-3)25(4)15-19-9-7-6-8-16(19)2/h6-13H,5,14-15H2,1-4H3,(H,22,24)(H,23,26). The Kier molecular flexibility index (Phi) is 7.21. The quantitative estimate of drug-likeness (QED) is 0.621. The molecule has 0 spiro atoms. The number of rotatable bonds is 6. The number of aliphatic imine (C=N–C) groups is 1. The fourth-order valence-corrected chi connectivity index (χ4v) is 2.72. The molecule has 0 saturated heterocycles. The first-order valence-corrected chi connectivity index (χ1v) is 8.88. The van der Waals surface area contributed by atoms with Crippen molar-refractivity contribution in [1.82, 2.24) is 15.5 Å². The summed E-state index contributed by atoms with van der Waals surface area (Å²) in [5, 5.41) is 6.18. The zero-order chi connectivity index (χ0) is 18.9. The summed E-state index contributed by atoms with van der Waals surface area (Å²) >= 11 is 0. The van der Waals surface area contributed by atoms with Crippen molar-refractivity contribution in [3.63, 3.8) is 0 Å². The molecule has 5 heteroatoms. The van der Waals surface area contributed by atoms with Crippen LogP contribution in [0, 0.1) is 6.92 Å². The van der Waals surface area contributed by atoms with E-state index in [1.807, 2.05) is 38.2 Å². The third-order valence-corrected chi connectivity index (χ3v) is 4.25. The molecule has 0 atom stereocenters. The SMILES string of the molecule is CCNC(=O)c1ccc(CNC(=NC)N(C)Cc2ccccc2C)cc1. The van der Waals surface area contributed by atoms with Crippen LogP contribution in [0.5, 0.6) is 0 Å². The molecule has 2 aromatic carbocycles. The Labute approximate surface area is 156 Å². The van der Waals surface area contributed by atoms with Gasteiger partial charge in [-0.15, -0.1) is 0 Å². The van der Waals surface area contributed by atoms with Crippen LogP contribution in [-0.4, -0.2) is 37.4 Å². The van der Waals surface area contributed by atoms with Crippen molar-refractivity contribution >= 4 is 11.9 Å². The Morgan fingerprint density at radius 2 is 1.77 bits per heavy atom. The molecule has 0 aliphatic carbocycles. The maximum Gasteiger partial charge on any atom is 0.251 e. The third kappa shape index (κ3) is 5.34. The molecule has 26 heavy (non-hydrogen) atoms. The molecule has 0 aromatic heterocycles. The topological polar surface area (TPSA) is 56.7 Å². The van der Waals surface area contributed by atoms with Crippen LogP contribution >= 0.6 is 0 Å². The highest BCUT2D eigenvalue weighted by Gasteiger charge is 2.08. The van der Waals surface area contributed by atoms with Gasteiger partial charge in [0.25, 0.3) is 5.91 Å². The second kappa shape index (κ2) is 9.61. The lowest BCUT2D eigenvalue weighted by Gasteiger charge is -2.23. The molecule has 2 N–H and O–H groups in total. The molecule has 0 fully saturated rings. The zero-order valence-corrected chi connectivity index (χ0v) is 16.0. The van der Waals surface area contributed by atoms with E-state index in [0.717, 1.165) is 18.1 Å². The van der Waals surface area contributed by atoms with Crippen LogP contribution in [0.25, 0.3) is 0 Å². The van der Waals surface area contributed by atoms with Crippen LogP contribution < -0.4 is 10.6 Å². The average Bonchev–Trinajstić information content (AvgIpc) is 2.65. The van der Waals surface area contributed by atoms with Gasteiger partial charge in [-0.1, -0.05) is 36.4 Å². The highest BCUT2D eigenvalue weighted by molar-refractivity contribution is 5.94. The summed E-state index contributed by atoms with van der Waals surface area (Å²) in [7, 11) is 3.81. The largest absolute Gasteiger partial charge is 0.352 e. The Morgan fingerprint density at radius 1 is 1.08 bits per heavy atom. The fraction of sp³-hybridized carbons (Fsp3) is 0.333. The van der Waals surface area contributed by atoms with Gasteiger partial charge in [0.1, 0.15) is 0 Å². The summed E-state index contributed by atoms with van der Waals surface area (Å²) in [6.45, 7) is 6.11. The lowest BCUT2D eigenvalue weighted by molar-refractivity contribution is 0.0956. The number of carbonyl (C=O) groups excluding carboxylic acids is 1. The van der Waals surface area contributed by atoms with E-state index in [2.05, 4.69) is 51.7 Å². The summed E-state index contributed by atoms with van der Waals surface area (Å²) in [4.78, 5) is 18.3. The molecular formula is C21H28N4O. The molecule has 0 radical (unpaired) electrons. The van der Waals surface area contributed by atoms with Crippen molar-refractivity contribution in [3.05, 3.63) is 70.8 Å². The molecule has 2 rings (SSSR count). The number of carbonyl (C=O) groups is 1. The molecular weight excluding hydrogens is 324 g/mol. The number of nitrogens with zero attached hydrogens (tertiary/aromatic N) is 2. The number of aryl methyl sites for hydroxylation is 1. The number of hydrogen-bond acceptors (Lipinski definition) is 2. The van der Waals surface area contributed by atoms with Crippen molar-refractivity contribution in [2.24, 2.45) is 4.99 Å². The normalized spacial score (nSPS) is 11.2. The second-order valence-corrected chi connectivity index (χ2v) is 6.24. The maximum absolute atomic E-state index is 11.8. The van der Waals surface area contributed by atoms with E-state index in [-0.39, 0.29) is 5.91 Å². The summed E-state index contributed by atoms with van der Waals surface area (Å²) in [5.41, 5.74) is 4.33. The van der Waals surface area contributed by atoms with Gasteiger partial charge in [0.2, 0.25) is 0 Å². The van der Waals surface area contributed by atoms with E-state index in [1.165, 1.54) is 11.1 Å². The van der Waals surface area contributed by atoms with Gasteiger partial charge in [0.05, 0.1) is 0 Å². The monoisotopic (exact) mass is 352 g/mol. The van der Waals surface area contributed by atoms with Crippen molar-refractivity contribution < 1.29 is 4.79 Å². The molecule has 0 unspecified atom stereocenters. The van der Waals surface area contributed by atoms with E-state index in [0.29, 0.717) is 18.7 Å². The van der Waals surface area contributed by atoms with Gasteiger partial charge in [-0.2, -0.15) is 0 Å². The van der Waals surface area contributed by atoms with E-state index in [9.17, 15) is 4.79 Å². The van der Waals surface area contributed by atoms with Crippen molar-refractivity contribution in [2.75, 3.05) is 20.6 Å². The fourth-order valence-electron chi connectivity index (χ4n) is 2.72. The molecule has 0 aliphatic rings. The molecule has 138 valence electrons. The first-order chi connectivity index (χ1) is 12.5. The number of benzene rings is 2. The van der Waals surface area contributed by atoms with Crippen molar-refractivity contribution in [2.45, 2.75) is 26.9 Å². The van der Waals surface area contributed by atoms with E-state index in [1.54, 1.807) is 7.05 Å². The van der Waals surface area contributed by atoms with Crippen molar-refractivity contribution in [3.8, 4) is 0 Å². The molecule has 0 saturated carbocycles. The Hall–Kier alpha value is -2.82. The Bertz CT molecular complexity index is 753. The minimum absolute atomic E-state index is 0.0409. The molecule has 0 bridgehead atoms. The van der Waals surface area contributed by atoms with Crippen LogP contribution in [0.3, 0.4) is 0 Å². The lowest BCUT2D eigenvalue weighted by atomic mass is 10.1. The van der Waals surface area contributed by atoms with Gasteiger partial charge >= 0.3 is 0 Å². The molecule has 0 aliphatic heterocycles. The summed E-state index contributed by atoms with van der Waals surface area (Å²) in [6.07, 6.45) is 0. The number of nitrogens with one attached hydrogen (secondary N) is 2. The van der Waals surface area contributed by atoms with Crippen LogP contribution in [0.4, 0.5) is 0 Å². The summed E-state index contributed by atoms with van der Waals surface area (Å²) in [5.74, 6) is 0.793. The van der Waals surface area contributed by atoms with E-state index < -0.39 is 0 Å². The second-order valence-electron chi connectivity index (χ2n) is 6.24. The molecule has 0 heterocycles. The minimum Gasteiger partial charge on any atom is -0.352 e. The first kappa shape index (κ1) is 19.5. The number of amides is 1. The van der Waals surface area contributed by atoms with Gasteiger partial charge < -0.3 is 15.5 Å². The van der Waals surface area contributed by atoms with Gasteiger partial charge in [-0.3, -0.25) is 9.79 Å². The molecule has 5 nitrogen and oxygen atoms in total. The predicted molar refractivity (Wildman–Crippen MR) is 107 cm³/mol. The third-order valence-electron chi connectivity index (χ3n) is 4.25. The number of guanidine groups is 1. The predicted octanol–water partition coefficient (Wildman–Crippen LogP) is 2.95. The van der Waals surface area contributed by atoms with Crippen LogP contribution in [0.15, 0.2) is 53.5 Å². The van der Waals surface area contributed by atoms with Gasteiger partial charge in [-0.25, -0.2) is 0 Å². The zero-order valence-electron chi connectivity index (χ0n) is 16.0. The Morgan fingerprint density at radius 3 is 2.38 bits per heavy atom.